The van der Waals surface area contributed by atoms with Gasteiger partial charge in [0.2, 0.25) is 11.8 Å². The molecule has 4 rings (SSSR count). The highest BCUT2D eigenvalue weighted by atomic mass is 16.6. The Bertz CT molecular complexity index is 930. The molecule has 0 radical (unpaired) electrons. The molecule has 1 atom stereocenters. The molecule has 8 heteroatoms. The van der Waals surface area contributed by atoms with Gasteiger partial charge in [0, 0.05) is 25.1 Å². The Morgan fingerprint density at radius 1 is 1.23 bits per heavy atom. The van der Waals surface area contributed by atoms with Crippen LogP contribution in [0.1, 0.15) is 67.9 Å². The van der Waals surface area contributed by atoms with Gasteiger partial charge in [0.1, 0.15) is 12.1 Å². The van der Waals surface area contributed by atoms with E-state index >= 15 is 0 Å². The van der Waals surface area contributed by atoms with Gasteiger partial charge in [-0.3, -0.25) is 19.7 Å². The van der Waals surface area contributed by atoms with Crippen molar-refractivity contribution in [1.82, 2.24) is 15.5 Å². The number of nitrogens with one attached hydrogen (secondary N) is 2. The lowest BCUT2D eigenvalue weighted by Gasteiger charge is -2.42. The summed E-state index contributed by atoms with van der Waals surface area (Å²) in [5.41, 5.74) is 2.39. The van der Waals surface area contributed by atoms with Crippen molar-refractivity contribution >= 4 is 23.8 Å². The van der Waals surface area contributed by atoms with Crippen LogP contribution in [-0.4, -0.2) is 40.9 Å². The van der Waals surface area contributed by atoms with E-state index in [0.717, 1.165) is 24.0 Å². The summed E-state index contributed by atoms with van der Waals surface area (Å²) >= 11 is 0. The molecule has 0 spiro atoms. The van der Waals surface area contributed by atoms with E-state index in [1.165, 1.54) is 4.90 Å². The third-order valence-corrected chi connectivity index (χ3v) is 6.62. The van der Waals surface area contributed by atoms with Crippen LogP contribution >= 0.6 is 0 Å². The van der Waals surface area contributed by atoms with Gasteiger partial charge < -0.3 is 15.0 Å². The molecule has 1 unspecified atom stereocenters. The predicted molar refractivity (Wildman–Crippen MR) is 112 cm³/mol. The van der Waals surface area contributed by atoms with Crippen LogP contribution in [0, 0.1) is 11.3 Å². The minimum absolute atomic E-state index is 0.0343. The topological polar surface area (TPSA) is 105 Å². The van der Waals surface area contributed by atoms with Crippen LogP contribution in [0.2, 0.25) is 0 Å². The van der Waals surface area contributed by atoms with E-state index in [9.17, 15) is 19.2 Å². The minimum atomic E-state index is -0.631. The first-order valence-corrected chi connectivity index (χ1v) is 10.8. The first-order chi connectivity index (χ1) is 14.6. The van der Waals surface area contributed by atoms with Gasteiger partial charge in [-0.05, 0) is 47.8 Å². The van der Waals surface area contributed by atoms with Crippen molar-refractivity contribution in [2.24, 2.45) is 11.3 Å². The molecule has 2 N–H and O–H groups in total. The van der Waals surface area contributed by atoms with E-state index in [0.29, 0.717) is 24.4 Å². The van der Waals surface area contributed by atoms with Gasteiger partial charge in [0.15, 0.2) is 0 Å². The molecule has 166 valence electrons. The molecule has 1 saturated carbocycles. The van der Waals surface area contributed by atoms with Crippen molar-refractivity contribution in [3.8, 4) is 0 Å². The maximum absolute atomic E-state index is 12.9. The molecule has 2 heterocycles. The molecule has 4 amide bonds. The summed E-state index contributed by atoms with van der Waals surface area (Å²) in [7, 11) is 0. The Balaban J connectivity index is 1.31. The van der Waals surface area contributed by atoms with Crippen LogP contribution in [0.15, 0.2) is 18.2 Å². The van der Waals surface area contributed by atoms with Crippen molar-refractivity contribution < 1.29 is 23.9 Å². The maximum atomic E-state index is 12.9. The third-order valence-electron chi connectivity index (χ3n) is 6.62. The number of benzene rings is 1. The molecule has 31 heavy (non-hydrogen) atoms. The first kappa shape index (κ1) is 21.3. The number of alkyl carbamates (subject to hydrolysis) is 1. The minimum Gasteiger partial charge on any atom is -0.446 e. The molecule has 1 saturated heterocycles. The van der Waals surface area contributed by atoms with Gasteiger partial charge in [-0.25, -0.2) is 4.79 Å². The van der Waals surface area contributed by atoms with Crippen molar-refractivity contribution in [2.75, 3.05) is 0 Å². The van der Waals surface area contributed by atoms with E-state index in [1.807, 2.05) is 12.1 Å². The van der Waals surface area contributed by atoms with Crippen molar-refractivity contribution in [3.63, 3.8) is 0 Å². The van der Waals surface area contributed by atoms with Crippen molar-refractivity contribution in [1.29, 1.82) is 0 Å². The number of imide groups is 1. The number of nitrogens with zero attached hydrogens (tertiary/aromatic N) is 1. The zero-order valence-corrected chi connectivity index (χ0v) is 18.2. The van der Waals surface area contributed by atoms with Gasteiger partial charge in [-0.2, -0.15) is 0 Å². The smallest absolute Gasteiger partial charge is 0.407 e. The molecule has 8 nitrogen and oxygen atoms in total. The molecule has 0 bridgehead atoms. The molecular formula is C23H29N3O5. The summed E-state index contributed by atoms with van der Waals surface area (Å²) in [5, 5.41) is 5.06. The predicted octanol–water partition coefficient (Wildman–Crippen LogP) is 2.50. The average Bonchev–Trinajstić information content (AvgIpc) is 2.98. The van der Waals surface area contributed by atoms with Crippen molar-refractivity contribution in [3.05, 3.63) is 34.9 Å². The van der Waals surface area contributed by atoms with Gasteiger partial charge in [0.25, 0.3) is 5.91 Å². The Morgan fingerprint density at radius 2 is 1.97 bits per heavy atom. The average molecular weight is 428 g/mol. The fourth-order valence-electron chi connectivity index (χ4n) is 4.45. The second-order valence-electron chi connectivity index (χ2n) is 9.81. The molecule has 1 aromatic carbocycles. The first-order valence-electron chi connectivity index (χ1n) is 10.8. The highest BCUT2D eigenvalue weighted by molar-refractivity contribution is 6.05. The molecule has 1 aliphatic carbocycles. The fraction of sp³-hybridized carbons (Fsp3) is 0.565. The van der Waals surface area contributed by atoms with Gasteiger partial charge >= 0.3 is 6.09 Å². The van der Waals surface area contributed by atoms with E-state index in [1.54, 1.807) is 6.07 Å². The summed E-state index contributed by atoms with van der Waals surface area (Å²) in [4.78, 5) is 50.0. The normalized spacial score (nSPS) is 25.6. The van der Waals surface area contributed by atoms with E-state index in [2.05, 4.69) is 31.4 Å². The largest absolute Gasteiger partial charge is 0.446 e. The number of hydrogen-bond donors (Lipinski definition) is 2. The Hall–Kier alpha value is -2.90. The highest BCUT2D eigenvalue weighted by Gasteiger charge is 2.40. The number of amides is 4. The number of fused-ring (bicyclic) bond motifs is 1. The van der Waals surface area contributed by atoms with Crippen molar-refractivity contribution in [2.45, 2.75) is 71.7 Å². The Morgan fingerprint density at radius 3 is 2.65 bits per heavy atom. The Kier molecular flexibility index (Phi) is 5.49. The number of carbonyl (C=O) groups excluding carboxylic acids is 4. The van der Waals surface area contributed by atoms with Gasteiger partial charge in [-0.15, -0.1) is 0 Å². The quantitative estimate of drug-likeness (QED) is 0.719. The highest BCUT2D eigenvalue weighted by Crippen LogP contribution is 2.42. The summed E-state index contributed by atoms with van der Waals surface area (Å²) in [6, 6.07) is 4.83. The van der Waals surface area contributed by atoms with Crippen LogP contribution < -0.4 is 10.6 Å². The molecule has 0 aromatic heterocycles. The van der Waals surface area contributed by atoms with Crippen LogP contribution in [0.5, 0.6) is 0 Å². The van der Waals surface area contributed by atoms with Crippen LogP contribution in [0.4, 0.5) is 4.79 Å². The monoisotopic (exact) mass is 427 g/mol. The second-order valence-corrected chi connectivity index (χ2v) is 9.81. The molecule has 1 aromatic rings. The zero-order chi connectivity index (χ0) is 22.3. The third kappa shape index (κ3) is 4.43. The number of rotatable bonds is 4. The lowest BCUT2D eigenvalue weighted by molar-refractivity contribution is -0.136. The molecule has 3 aliphatic rings. The van der Waals surface area contributed by atoms with Crippen LogP contribution in [0.25, 0.3) is 0 Å². The van der Waals surface area contributed by atoms with Crippen LogP contribution in [-0.2, 0) is 27.4 Å². The number of ether oxygens (including phenoxy) is 1. The summed E-state index contributed by atoms with van der Waals surface area (Å²) in [6.07, 6.45) is 1.86. The van der Waals surface area contributed by atoms with E-state index in [-0.39, 0.29) is 36.3 Å². The maximum Gasteiger partial charge on any atom is 0.407 e. The fourth-order valence-corrected chi connectivity index (χ4v) is 4.45. The summed E-state index contributed by atoms with van der Waals surface area (Å²) in [5.74, 6) is -0.384. The molecule has 2 fully saturated rings. The number of piperidine rings is 1. The molecule has 2 aliphatic heterocycles. The summed E-state index contributed by atoms with van der Waals surface area (Å²) < 4.78 is 5.47. The Labute approximate surface area is 181 Å². The van der Waals surface area contributed by atoms with E-state index in [4.69, 9.17) is 4.74 Å². The zero-order valence-electron chi connectivity index (χ0n) is 18.2. The SMILES string of the molecule is CC(C)(C)C1CC(OC(=O)NCc2ccc3c(c2)C(=O)N(C2CCC(=O)NC2=O)C3)C1. The second kappa shape index (κ2) is 7.98. The van der Waals surface area contributed by atoms with E-state index < -0.39 is 18.0 Å². The van der Waals surface area contributed by atoms with Gasteiger partial charge in [0.05, 0.1) is 0 Å². The standard InChI is InChI=1S/C23H29N3O5/c1-23(2,3)15-9-16(10-15)31-22(30)24-11-13-4-5-14-12-26(21(29)17(14)8-13)18-6-7-19(27)25-20(18)28/h4-5,8,15-16,18H,6-7,9-12H2,1-3H3,(H,24,30)(H,25,27,28). The summed E-state index contributed by atoms with van der Waals surface area (Å²) in [6.45, 7) is 7.19. The lowest BCUT2D eigenvalue weighted by atomic mass is 9.67. The lowest BCUT2D eigenvalue weighted by Crippen LogP contribution is -2.52. The number of hydrogen-bond acceptors (Lipinski definition) is 5. The van der Waals surface area contributed by atoms with Gasteiger partial charge in [-0.1, -0.05) is 32.9 Å². The number of carbonyl (C=O) groups is 4. The molecular weight excluding hydrogens is 398 g/mol. The van der Waals surface area contributed by atoms with Crippen LogP contribution in [0.3, 0.4) is 0 Å².